The number of pyridine rings is 1. The summed E-state index contributed by atoms with van der Waals surface area (Å²) in [6, 6.07) is 5.00. The van der Waals surface area contributed by atoms with Crippen LogP contribution in [0.4, 0.5) is 19.1 Å². The third-order valence-electron chi connectivity index (χ3n) is 3.63. The van der Waals surface area contributed by atoms with Crippen molar-refractivity contribution >= 4 is 17.5 Å². The lowest BCUT2D eigenvalue weighted by Crippen LogP contribution is -2.16. The van der Waals surface area contributed by atoms with Crippen molar-refractivity contribution in [3.63, 3.8) is 0 Å². The van der Waals surface area contributed by atoms with Crippen LogP contribution in [0.2, 0.25) is 0 Å². The first-order chi connectivity index (χ1) is 12.5. The van der Waals surface area contributed by atoms with Crippen molar-refractivity contribution in [1.82, 2.24) is 24.1 Å². The molecule has 0 saturated heterocycles. The zero-order valence-corrected chi connectivity index (χ0v) is 12.9. The third-order valence-corrected chi connectivity index (χ3v) is 3.63. The summed E-state index contributed by atoms with van der Waals surface area (Å²) in [6.07, 6.45) is 6.48. The first kappa shape index (κ1) is 15.8. The number of benzene rings is 1. The second kappa shape index (κ2) is 5.99. The fourth-order valence-electron chi connectivity index (χ4n) is 2.42. The van der Waals surface area contributed by atoms with E-state index in [0.29, 0.717) is 17.4 Å². The number of nitrogens with one attached hydrogen (secondary N) is 1. The van der Waals surface area contributed by atoms with E-state index in [0.717, 1.165) is 6.07 Å². The van der Waals surface area contributed by atoms with Gasteiger partial charge in [-0.15, -0.1) is 5.10 Å². The highest BCUT2D eigenvalue weighted by Crippen LogP contribution is 2.18. The van der Waals surface area contributed by atoms with E-state index in [-0.39, 0.29) is 5.95 Å². The predicted octanol–water partition coefficient (Wildman–Crippen LogP) is 2.58. The molecule has 4 aromatic rings. The highest BCUT2D eigenvalue weighted by molar-refractivity contribution is 6.03. The van der Waals surface area contributed by atoms with Gasteiger partial charge in [-0.1, -0.05) is 0 Å². The molecule has 0 aliphatic rings. The summed E-state index contributed by atoms with van der Waals surface area (Å²) in [6.45, 7) is 0. The lowest BCUT2D eigenvalue weighted by Gasteiger charge is -2.03. The lowest BCUT2D eigenvalue weighted by molar-refractivity contribution is 0.102. The van der Waals surface area contributed by atoms with Crippen LogP contribution >= 0.6 is 0 Å². The van der Waals surface area contributed by atoms with Gasteiger partial charge in [0.15, 0.2) is 23.1 Å². The Morgan fingerprint density at radius 1 is 1.08 bits per heavy atom. The van der Waals surface area contributed by atoms with Gasteiger partial charge in [-0.05, 0) is 24.3 Å². The smallest absolute Gasteiger partial charge is 0.261 e. The molecule has 1 amide bonds. The molecular formula is C16H9F3N6O. The molecule has 0 unspecified atom stereocenters. The lowest BCUT2D eigenvalue weighted by atomic mass is 10.2. The molecule has 0 aliphatic carbocycles. The second-order valence-corrected chi connectivity index (χ2v) is 5.24. The van der Waals surface area contributed by atoms with Crippen molar-refractivity contribution < 1.29 is 18.0 Å². The normalized spacial score (nSPS) is 11.0. The Bertz CT molecular complexity index is 1120. The highest BCUT2D eigenvalue weighted by atomic mass is 19.2. The van der Waals surface area contributed by atoms with Gasteiger partial charge in [-0.3, -0.25) is 10.1 Å². The molecule has 0 saturated carbocycles. The van der Waals surface area contributed by atoms with Gasteiger partial charge in [0.05, 0.1) is 17.6 Å². The molecule has 130 valence electrons. The highest BCUT2D eigenvalue weighted by Gasteiger charge is 2.20. The zero-order valence-electron chi connectivity index (χ0n) is 12.9. The van der Waals surface area contributed by atoms with E-state index < -0.39 is 28.9 Å². The average molecular weight is 358 g/mol. The van der Waals surface area contributed by atoms with Crippen LogP contribution in [0, 0.1) is 17.5 Å². The SMILES string of the molecule is O=C(Nc1nc2c(-n3ccnc3)cccn2n1)c1ccc(F)c(F)c1F. The average Bonchev–Trinajstić information content (AvgIpc) is 3.28. The number of carbonyl (C=O) groups excluding carboxylic acids is 1. The van der Waals surface area contributed by atoms with E-state index in [1.807, 2.05) is 0 Å². The number of aromatic nitrogens is 5. The van der Waals surface area contributed by atoms with E-state index in [2.05, 4.69) is 20.4 Å². The maximum atomic E-state index is 13.7. The quantitative estimate of drug-likeness (QED) is 0.571. The molecule has 0 atom stereocenters. The number of rotatable bonds is 3. The Morgan fingerprint density at radius 3 is 2.69 bits per heavy atom. The number of anilines is 1. The Hall–Kier alpha value is -3.69. The third kappa shape index (κ3) is 2.57. The number of imidazole rings is 1. The second-order valence-electron chi connectivity index (χ2n) is 5.24. The van der Waals surface area contributed by atoms with Crippen molar-refractivity contribution in [3.8, 4) is 5.69 Å². The maximum Gasteiger partial charge on any atom is 0.261 e. The number of nitrogens with zero attached hydrogens (tertiary/aromatic N) is 5. The van der Waals surface area contributed by atoms with Crippen LogP contribution in [-0.2, 0) is 0 Å². The molecule has 0 fully saturated rings. The molecular weight excluding hydrogens is 349 g/mol. The largest absolute Gasteiger partial charge is 0.303 e. The standard InChI is InChI=1S/C16H9F3N6O/c17-10-4-3-9(12(18)13(10)19)15(26)22-16-21-14-11(24-7-5-20-8-24)2-1-6-25(14)23-16/h1-8H,(H,22,23,26). The maximum absolute atomic E-state index is 13.7. The summed E-state index contributed by atoms with van der Waals surface area (Å²) >= 11 is 0. The fraction of sp³-hybridized carbons (Fsp3) is 0. The van der Waals surface area contributed by atoms with Crippen molar-refractivity contribution in [3.05, 3.63) is 72.2 Å². The summed E-state index contributed by atoms with van der Waals surface area (Å²) in [7, 11) is 0. The van der Waals surface area contributed by atoms with Crippen LogP contribution < -0.4 is 5.32 Å². The van der Waals surface area contributed by atoms with E-state index in [9.17, 15) is 18.0 Å². The molecule has 0 spiro atoms. The topological polar surface area (TPSA) is 77.1 Å². The molecule has 26 heavy (non-hydrogen) atoms. The molecule has 1 N–H and O–H groups in total. The molecule has 0 radical (unpaired) electrons. The van der Waals surface area contributed by atoms with Crippen molar-refractivity contribution in [2.24, 2.45) is 0 Å². The number of hydrogen-bond donors (Lipinski definition) is 1. The summed E-state index contributed by atoms with van der Waals surface area (Å²) in [5.41, 5.74) is 0.404. The van der Waals surface area contributed by atoms with E-state index in [1.54, 1.807) is 41.6 Å². The van der Waals surface area contributed by atoms with Crippen molar-refractivity contribution in [2.75, 3.05) is 5.32 Å². The Morgan fingerprint density at radius 2 is 1.92 bits per heavy atom. The minimum absolute atomic E-state index is 0.119. The molecule has 0 bridgehead atoms. The van der Waals surface area contributed by atoms with Gasteiger partial charge in [-0.25, -0.2) is 22.7 Å². The van der Waals surface area contributed by atoms with Crippen molar-refractivity contribution in [2.45, 2.75) is 0 Å². The number of halogens is 3. The Labute approximate surface area is 143 Å². The summed E-state index contributed by atoms with van der Waals surface area (Å²) in [5, 5.41) is 6.34. The predicted molar refractivity (Wildman–Crippen MR) is 84.4 cm³/mol. The molecule has 4 rings (SSSR count). The molecule has 0 aliphatic heterocycles. The van der Waals surface area contributed by atoms with Gasteiger partial charge >= 0.3 is 0 Å². The van der Waals surface area contributed by atoms with Gasteiger partial charge in [0, 0.05) is 18.6 Å². The molecule has 3 heterocycles. The van der Waals surface area contributed by atoms with Gasteiger partial charge in [0.1, 0.15) is 0 Å². The number of fused-ring (bicyclic) bond motifs is 1. The minimum Gasteiger partial charge on any atom is -0.303 e. The van der Waals surface area contributed by atoms with E-state index >= 15 is 0 Å². The van der Waals surface area contributed by atoms with Gasteiger partial charge in [0.2, 0.25) is 5.95 Å². The molecule has 3 aromatic heterocycles. The van der Waals surface area contributed by atoms with Crippen LogP contribution in [0.3, 0.4) is 0 Å². The summed E-state index contributed by atoms with van der Waals surface area (Å²) in [5.74, 6) is -5.79. The number of hydrogen-bond acceptors (Lipinski definition) is 4. The Balaban J connectivity index is 1.69. The van der Waals surface area contributed by atoms with Crippen molar-refractivity contribution in [1.29, 1.82) is 0 Å². The molecule has 7 nitrogen and oxygen atoms in total. The van der Waals surface area contributed by atoms with Crippen LogP contribution in [0.15, 0.2) is 49.2 Å². The van der Waals surface area contributed by atoms with E-state index in [1.165, 1.54) is 4.52 Å². The minimum atomic E-state index is -1.72. The summed E-state index contributed by atoms with van der Waals surface area (Å²) in [4.78, 5) is 20.3. The fourth-order valence-corrected chi connectivity index (χ4v) is 2.42. The molecule has 1 aromatic carbocycles. The van der Waals surface area contributed by atoms with Crippen LogP contribution in [0.1, 0.15) is 10.4 Å². The number of amides is 1. The van der Waals surface area contributed by atoms with Crippen LogP contribution in [-0.4, -0.2) is 30.1 Å². The van der Waals surface area contributed by atoms with Crippen LogP contribution in [0.25, 0.3) is 11.3 Å². The summed E-state index contributed by atoms with van der Waals surface area (Å²) < 4.78 is 43.1. The van der Waals surface area contributed by atoms with Gasteiger partial charge < -0.3 is 4.57 Å². The van der Waals surface area contributed by atoms with Crippen LogP contribution in [0.5, 0.6) is 0 Å². The monoisotopic (exact) mass is 358 g/mol. The number of carbonyl (C=O) groups is 1. The first-order valence-electron chi connectivity index (χ1n) is 7.33. The zero-order chi connectivity index (χ0) is 18.3. The first-order valence-corrected chi connectivity index (χ1v) is 7.33. The molecule has 10 heteroatoms. The van der Waals surface area contributed by atoms with Gasteiger partial charge in [0.25, 0.3) is 5.91 Å². The Kier molecular flexibility index (Phi) is 3.64. The van der Waals surface area contributed by atoms with E-state index in [4.69, 9.17) is 0 Å². The van der Waals surface area contributed by atoms with Gasteiger partial charge in [-0.2, -0.15) is 4.98 Å².